The second-order valence-corrected chi connectivity index (χ2v) is 4.55. The SMILES string of the molecule is F[C@@H]1CCC[C@H]1NC1CCCCC1. The molecule has 0 radical (unpaired) electrons. The first-order chi connectivity index (χ1) is 6.36. The van der Waals surface area contributed by atoms with E-state index in [0.29, 0.717) is 6.04 Å². The quantitative estimate of drug-likeness (QED) is 0.697. The Kier molecular flexibility index (Phi) is 3.20. The largest absolute Gasteiger partial charge is 0.308 e. The van der Waals surface area contributed by atoms with E-state index in [1.165, 1.54) is 32.1 Å². The molecule has 13 heavy (non-hydrogen) atoms. The number of alkyl halides is 1. The van der Waals surface area contributed by atoms with E-state index in [2.05, 4.69) is 5.32 Å². The van der Waals surface area contributed by atoms with Gasteiger partial charge in [0.15, 0.2) is 0 Å². The number of hydrogen-bond donors (Lipinski definition) is 1. The van der Waals surface area contributed by atoms with Crippen LogP contribution in [0.3, 0.4) is 0 Å². The highest BCUT2D eigenvalue weighted by molar-refractivity contribution is 4.86. The third-order valence-corrected chi connectivity index (χ3v) is 3.49. The Balaban J connectivity index is 1.75. The highest BCUT2D eigenvalue weighted by Gasteiger charge is 2.28. The van der Waals surface area contributed by atoms with Crippen molar-refractivity contribution >= 4 is 0 Å². The number of hydrogen-bond acceptors (Lipinski definition) is 1. The molecule has 1 nitrogen and oxygen atoms in total. The smallest absolute Gasteiger partial charge is 0.115 e. The summed E-state index contributed by atoms with van der Waals surface area (Å²) in [6, 6.07) is 0.804. The molecule has 2 saturated carbocycles. The van der Waals surface area contributed by atoms with Crippen molar-refractivity contribution in [2.75, 3.05) is 0 Å². The first kappa shape index (κ1) is 9.45. The summed E-state index contributed by atoms with van der Waals surface area (Å²) in [6.07, 6.45) is 8.92. The molecule has 2 heteroatoms. The number of halogens is 1. The van der Waals surface area contributed by atoms with Crippen LogP contribution in [0.4, 0.5) is 4.39 Å². The lowest BCUT2D eigenvalue weighted by Gasteiger charge is -2.27. The second kappa shape index (κ2) is 4.41. The third-order valence-electron chi connectivity index (χ3n) is 3.49. The average molecular weight is 185 g/mol. The molecule has 0 aliphatic heterocycles. The van der Waals surface area contributed by atoms with Crippen molar-refractivity contribution in [1.82, 2.24) is 5.32 Å². The maximum absolute atomic E-state index is 13.3. The summed E-state index contributed by atoms with van der Waals surface area (Å²) < 4.78 is 13.3. The summed E-state index contributed by atoms with van der Waals surface area (Å²) in [5.74, 6) is 0. The molecule has 0 bridgehead atoms. The van der Waals surface area contributed by atoms with Crippen LogP contribution in [-0.4, -0.2) is 18.3 Å². The van der Waals surface area contributed by atoms with E-state index in [-0.39, 0.29) is 6.04 Å². The Hall–Kier alpha value is -0.110. The van der Waals surface area contributed by atoms with Gasteiger partial charge >= 0.3 is 0 Å². The van der Waals surface area contributed by atoms with Crippen molar-refractivity contribution in [3.63, 3.8) is 0 Å². The van der Waals surface area contributed by atoms with Gasteiger partial charge < -0.3 is 5.32 Å². The van der Waals surface area contributed by atoms with Gasteiger partial charge in [-0.25, -0.2) is 4.39 Å². The zero-order chi connectivity index (χ0) is 9.10. The van der Waals surface area contributed by atoms with E-state index in [0.717, 1.165) is 19.3 Å². The van der Waals surface area contributed by atoms with E-state index >= 15 is 0 Å². The minimum Gasteiger partial charge on any atom is -0.308 e. The molecule has 0 aromatic carbocycles. The maximum atomic E-state index is 13.3. The van der Waals surface area contributed by atoms with Crippen molar-refractivity contribution < 1.29 is 4.39 Å². The fourth-order valence-corrected chi connectivity index (χ4v) is 2.67. The van der Waals surface area contributed by atoms with Gasteiger partial charge in [0.2, 0.25) is 0 Å². The Bertz CT molecular complexity index is 154. The Morgan fingerprint density at radius 1 is 0.846 bits per heavy atom. The lowest BCUT2D eigenvalue weighted by Crippen LogP contribution is -2.42. The first-order valence-electron chi connectivity index (χ1n) is 5.76. The van der Waals surface area contributed by atoms with Crippen molar-refractivity contribution in [3.8, 4) is 0 Å². The molecule has 76 valence electrons. The Labute approximate surface area is 80.1 Å². The van der Waals surface area contributed by atoms with Crippen LogP contribution in [0.2, 0.25) is 0 Å². The average Bonchev–Trinajstić information content (AvgIpc) is 2.54. The molecular weight excluding hydrogens is 165 g/mol. The standard InChI is InChI=1S/C11H20FN/c12-10-7-4-8-11(10)13-9-5-2-1-3-6-9/h9-11,13H,1-8H2/t10-,11-/m1/s1. The molecule has 0 aromatic heterocycles. The molecule has 2 rings (SSSR count). The topological polar surface area (TPSA) is 12.0 Å². The van der Waals surface area contributed by atoms with Crippen LogP contribution < -0.4 is 5.32 Å². The summed E-state index contributed by atoms with van der Waals surface area (Å²) in [5.41, 5.74) is 0. The molecule has 2 aliphatic carbocycles. The van der Waals surface area contributed by atoms with Crippen molar-refractivity contribution in [1.29, 1.82) is 0 Å². The minimum absolute atomic E-state index is 0.183. The summed E-state index contributed by atoms with van der Waals surface area (Å²) in [7, 11) is 0. The highest BCUT2D eigenvalue weighted by Crippen LogP contribution is 2.25. The van der Waals surface area contributed by atoms with Crippen molar-refractivity contribution in [2.45, 2.75) is 69.6 Å². The van der Waals surface area contributed by atoms with Crippen LogP contribution in [0.25, 0.3) is 0 Å². The molecule has 1 N–H and O–H groups in total. The predicted octanol–water partition coefficient (Wildman–Crippen LogP) is 2.80. The van der Waals surface area contributed by atoms with E-state index in [9.17, 15) is 4.39 Å². The molecule has 0 spiro atoms. The maximum Gasteiger partial charge on any atom is 0.115 e. The number of rotatable bonds is 2. The van der Waals surface area contributed by atoms with Gasteiger partial charge in [-0.05, 0) is 32.1 Å². The summed E-state index contributed by atoms with van der Waals surface area (Å²) >= 11 is 0. The van der Waals surface area contributed by atoms with Crippen LogP contribution in [0.15, 0.2) is 0 Å². The molecule has 0 unspecified atom stereocenters. The first-order valence-corrected chi connectivity index (χ1v) is 5.76. The van der Waals surface area contributed by atoms with Crippen LogP contribution in [0.1, 0.15) is 51.4 Å². The van der Waals surface area contributed by atoms with Gasteiger partial charge in [-0.15, -0.1) is 0 Å². The van der Waals surface area contributed by atoms with E-state index in [1.807, 2.05) is 0 Å². The lowest BCUT2D eigenvalue weighted by atomic mass is 9.94. The van der Waals surface area contributed by atoms with Gasteiger partial charge in [0.05, 0.1) is 0 Å². The summed E-state index contributed by atoms with van der Waals surface area (Å²) in [5, 5.41) is 3.49. The second-order valence-electron chi connectivity index (χ2n) is 4.55. The zero-order valence-electron chi connectivity index (χ0n) is 8.27. The molecule has 0 saturated heterocycles. The van der Waals surface area contributed by atoms with Gasteiger partial charge in [-0.3, -0.25) is 0 Å². The van der Waals surface area contributed by atoms with Crippen molar-refractivity contribution in [2.24, 2.45) is 0 Å². The van der Waals surface area contributed by atoms with E-state index in [4.69, 9.17) is 0 Å². The molecule has 0 amide bonds. The van der Waals surface area contributed by atoms with Crippen LogP contribution >= 0.6 is 0 Å². The normalized spacial score (nSPS) is 36.7. The van der Waals surface area contributed by atoms with Gasteiger partial charge in [0.1, 0.15) is 6.17 Å². The van der Waals surface area contributed by atoms with Gasteiger partial charge in [0, 0.05) is 12.1 Å². The van der Waals surface area contributed by atoms with E-state index < -0.39 is 6.17 Å². The zero-order valence-corrected chi connectivity index (χ0v) is 8.27. The molecule has 2 fully saturated rings. The molecule has 2 aliphatic rings. The Morgan fingerprint density at radius 3 is 2.23 bits per heavy atom. The third kappa shape index (κ3) is 2.43. The van der Waals surface area contributed by atoms with Crippen LogP contribution in [0, 0.1) is 0 Å². The molecular formula is C11H20FN. The summed E-state index contributed by atoms with van der Waals surface area (Å²) in [6.45, 7) is 0. The van der Waals surface area contributed by atoms with Crippen LogP contribution in [-0.2, 0) is 0 Å². The highest BCUT2D eigenvalue weighted by atomic mass is 19.1. The number of nitrogens with one attached hydrogen (secondary N) is 1. The minimum atomic E-state index is -0.568. The van der Waals surface area contributed by atoms with Crippen LogP contribution in [0.5, 0.6) is 0 Å². The summed E-state index contributed by atoms with van der Waals surface area (Å²) in [4.78, 5) is 0. The van der Waals surface area contributed by atoms with E-state index in [1.54, 1.807) is 0 Å². The Morgan fingerprint density at radius 2 is 1.62 bits per heavy atom. The molecule has 0 heterocycles. The lowest BCUT2D eigenvalue weighted by molar-refractivity contribution is 0.244. The predicted molar refractivity (Wildman–Crippen MR) is 52.5 cm³/mol. The molecule has 0 aromatic rings. The van der Waals surface area contributed by atoms with Crippen molar-refractivity contribution in [3.05, 3.63) is 0 Å². The molecule has 2 atom stereocenters. The fraction of sp³-hybridized carbons (Fsp3) is 1.00. The fourth-order valence-electron chi connectivity index (χ4n) is 2.67. The monoisotopic (exact) mass is 185 g/mol. The van der Waals surface area contributed by atoms with Gasteiger partial charge in [-0.2, -0.15) is 0 Å². The van der Waals surface area contributed by atoms with Gasteiger partial charge in [-0.1, -0.05) is 19.3 Å². The van der Waals surface area contributed by atoms with Gasteiger partial charge in [0.25, 0.3) is 0 Å².